The van der Waals surface area contributed by atoms with Gasteiger partial charge in [0.05, 0.1) is 0 Å². The third kappa shape index (κ3) is 4.43. The van der Waals surface area contributed by atoms with Crippen LogP contribution in [0.4, 0.5) is 23.7 Å². The smallest absolute Gasteiger partial charge is 0.322 e. The standard InChI is InChI=1S/C22H17F3N6O/c1-31(22(32)26-20-18(24)10-15(23)11-19(20)25)12-13-6-8-14(9-7-13)16-4-2-3-5-17(16)21-27-29-30-28-21/h2-11H,12H2,1H3,(H,26,32)(H,27,28,29,30). The van der Waals surface area contributed by atoms with Crippen molar-refractivity contribution in [3.63, 3.8) is 0 Å². The topological polar surface area (TPSA) is 86.8 Å². The molecular weight excluding hydrogens is 421 g/mol. The highest BCUT2D eigenvalue weighted by Crippen LogP contribution is 2.30. The number of urea groups is 1. The molecule has 0 atom stereocenters. The zero-order valence-corrected chi connectivity index (χ0v) is 16.8. The number of benzene rings is 3. The summed E-state index contributed by atoms with van der Waals surface area (Å²) in [7, 11) is 1.48. The molecule has 162 valence electrons. The van der Waals surface area contributed by atoms with Gasteiger partial charge in [0.2, 0.25) is 5.82 Å². The second-order valence-electron chi connectivity index (χ2n) is 7.01. The van der Waals surface area contributed by atoms with Crippen LogP contribution in [0.2, 0.25) is 0 Å². The Labute approximate surface area is 180 Å². The number of anilines is 1. The summed E-state index contributed by atoms with van der Waals surface area (Å²) in [5.74, 6) is -2.96. The van der Waals surface area contributed by atoms with Crippen LogP contribution in [0.5, 0.6) is 0 Å². The Morgan fingerprint density at radius 2 is 1.66 bits per heavy atom. The fourth-order valence-corrected chi connectivity index (χ4v) is 3.21. The van der Waals surface area contributed by atoms with E-state index in [0.717, 1.165) is 22.3 Å². The van der Waals surface area contributed by atoms with Crippen molar-refractivity contribution < 1.29 is 18.0 Å². The van der Waals surface area contributed by atoms with Gasteiger partial charge in [-0.25, -0.2) is 18.0 Å². The molecule has 4 rings (SSSR count). The zero-order valence-electron chi connectivity index (χ0n) is 16.8. The first-order valence-electron chi connectivity index (χ1n) is 9.51. The normalized spacial score (nSPS) is 10.8. The summed E-state index contributed by atoms with van der Waals surface area (Å²) in [6.07, 6.45) is 0. The Balaban J connectivity index is 1.47. The number of carbonyl (C=O) groups excluding carboxylic acids is 1. The lowest BCUT2D eigenvalue weighted by atomic mass is 9.98. The molecule has 2 N–H and O–H groups in total. The van der Waals surface area contributed by atoms with Crippen molar-refractivity contribution >= 4 is 11.7 Å². The van der Waals surface area contributed by atoms with Gasteiger partial charge in [0, 0.05) is 31.3 Å². The first kappa shape index (κ1) is 21.0. The van der Waals surface area contributed by atoms with Crippen molar-refractivity contribution in [3.05, 3.63) is 83.7 Å². The highest BCUT2D eigenvalue weighted by molar-refractivity contribution is 5.89. The molecule has 0 aliphatic heterocycles. The predicted molar refractivity (Wildman–Crippen MR) is 112 cm³/mol. The lowest BCUT2D eigenvalue weighted by Crippen LogP contribution is -2.31. The number of halogens is 3. The van der Waals surface area contributed by atoms with Gasteiger partial charge in [0.25, 0.3) is 0 Å². The summed E-state index contributed by atoms with van der Waals surface area (Å²) in [4.78, 5) is 13.6. The Bertz CT molecular complexity index is 1220. The van der Waals surface area contributed by atoms with Crippen molar-refractivity contribution in [2.75, 3.05) is 12.4 Å². The summed E-state index contributed by atoms with van der Waals surface area (Å²) in [5.41, 5.74) is 2.74. The van der Waals surface area contributed by atoms with Crippen molar-refractivity contribution in [2.45, 2.75) is 6.54 Å². The number of amides is 2. The molecule has 0 radical (unpaired) electrons. The SMILES string of the molecule is CN(Cc1ccc(-c2ccccc2-c2nn[nH]n2)cc1)C(=O)Nc1c(F)cc(F)cc1F. The summed E-state index contributed by atoms with van der Waals surface area (Å²) in [6, 6.07) is 15.3. The highest BCUT2D eigenvalue weighted by atomic mass is 19.1. The van der Waals surface area contributed by atoms with Gasteiger partial charge in [-0.2, -0.15) is 5.21 Å². The van der Waals surface area contributed by atoms with Crippen LogP contribution >= 0.6 is 0 Å². The van der Waals surface area contributed by atoms with E-state index < -0.39 is 29.2 Å². The first-order chi connectivity index (χ1) is 15.4. The molecule has 7 nitrogen and oxygen atoms in total. The van der Waals surface area contributed by atoms with Crippen LogP contribution < -0.4 is 5.32 Å². The molecule has 0 fully saturated rings. The van der Waals surface area contributed by atoms with E-state index >= 15 is 0 Å². The number of rotatable bonds is 5. The maximum absolute atomic E-state index is 13.8. The van der Waals surface area contributed by atoms with E-state index in [1.807, 2.05) is 48.5 Å². The van der Waals surface area contributed by atoms with Gasteiger partial charge in [-0.1, -0.05) is 48.5 Å². The Kier molecular flexibility index (Phi) is 5.84. The number of nitrogens with zero attached hydrogens (tertiary/aromatic N) is 4. The number of carbonyl (C=O) groups is 1. The molecule has 0 saturated carbocycles. The van der Waals surface area contributed by atoms with Crippen molar-refractivity contribution in [3.8, 4) is 22.5 Å². The van der Waals surface area contributed by atoms with Crippen LogP contribution in [0.15, 0.2) is 60.7 Å². The molecule has 3 aromatic carbocycles. The first-order valence-corrected chi connectivity index (χ1v) is 9.51. The summed E-state index contributed by atoms with van der Waals surface area (Å²) in [6.45, 7) is 0.184. The van der Waals surface area contributed by atoms with E-state index in [2.05, 4.69) is 25.9 Å². The minimum Gasteiger partial charge on any atom is -0.323 e. The average molecular weight is 438 g/mol. The van der Waals surface area contributed by atoms with E-state index in [9.17, 15) is 18.0 Å². The van der Waals surface area contributed by atoms with Crippen LogP contribution in [0.25, 0.3) is 22.5 Å². The van der Waals surface area contributed by atoms with Crippen LogP contribution in [0.3, 0.4) is 0 Å². The van der Waals surface area contributed by atoms with E-state index in [0.29, 0.717) is 18.0 Å². The van der Waals surface area contributed by atoms with Crippen LogP contribution in [0, 0.1) is 17.5 Å². The molecule has 0 aliphatic rings. The molecule has 32 heavy (non-hydrogen) atoms. The number of aromatic amines is 1. The molecule has 0 unspecified atom stereocenters. The molecule has 1 aromatic heterocycles. The zero-order chi connectivity index (χ0) is 22.7. The lowest BCUT2D eigenvalue weighted by molar-refractivity contribution is 0.220. The maximum atomic E-state index is 13.8. The van der Waals surface area contributed by atoms with Crippen molar-refractivity contribution in [1.29, 1.82) is 0 Å². The van der Waals surface area contributed by atoms with E-state index in [4.69, 9.17) is 0 Å². The fraction of sp³-hybridized carbons (Fsp3) is 0.0909. The minimum absolute atomic E-state index is 0.184. The van der Waals surface area contributed by atoms with Gasteiger partial charge in [-0.3, -0.25) is 0 Å². The van der Waals surface area contributed by atoms with Gasteiger partial charge in [0.1, 0.15) is 11.5 Å². The molecule has 0 bridgehead atoms. The molecule has 1 heterocycles. The van der Waals surface area contributed by atoms with Gasteiger partial charge in [0.15, 0.2) is 11.6 Å². The minimum atomic E-state index is -1.19. The largest absolute Gasteiger partial charge is 0.323 e. The number of aromatic nitrogens is 4. The molecule has 0 saturated heterocycles. The highest BCUT2D eigenvalue weighted by Gasteiger charge is 2.17. The Morgan fingerprint density at radius 1 is 1.00 bits per heavy atom. The number of hydrogen-bond donors (Lipinski definition) is 2. The van der Waals surface area contributed by atoms with E-state index in [-0.39, 0.29) is 6.54 Å². The number of nitrogens with one attached hydrogen (secondary N) is 2. The second-order valence-corrected chi connectivity index (χ2v) is 7.01. The molecular formula is C22H17F3N6O. The molecule has 4 aromatic rings. The van der Waals surface area contributed by atoms with Gasteiger partial charge in [-0.05, 0) is 21.9 Å². The fourth-order valence-electron chi connectivity index (χ4n) is 3.21. The van der Waals surface area contributed by atoms with Gasteiger partial charge < -0.3 is 10.2 Å². The van der Waals surface area contributed by atoms with E-state index in [1.165, 1.54) is 11.9 Å². The lowest BCUT2D eigenvalue weighted by Gasteiger charge is -2.19. The van der Waals surface area contributed by atoms with Gasteiger partial charge in [-0.15, -0.1) is 10.2 Å². The summed E-state index contributed by atoms with van der Waals surface area (Å²) in [5, 5.41) is 16.2. The van der Waals surface area contributed by atoms with Crippen LogP contribution in [-0.2, 0) is 6.54 Å². The third-order valence-corrected chi connectivity index (χ3v) is 4.78. The van der Waals surface area contributed by atoms with Gasteiger partial charge >= 0.3 is 6.03 Å². The summed E-state index contributed by atoms with van der Waals surface area (Å²) >= 11 is 0. The Hall–Kier alpha value is -4.21. The Morgan fingerprint density at radius 3 is 2.28 bits per heavy atom. The number of tetrazole rings is 1. The number of H-pyrrole nitrogens is 1. The number of hydrogen-bond acceptors (Lipinski definition) is 4. The quantitative estimate of drug-likeness (QED) is 0.476. The second kappa shape index (κ2) is 8.88. The molecule has 0 spiro atoms. The van der Waals surface area contributed by atoms with Crippen molar-refractivity contribution in [2.24, 2.45) is 0 Å². The van der Waals surface area contributed by atoms with Crippen molar-refractivity contribution in [1.82, 2.24) is 25.5 Å². The maximum Gasteiger partial charge on any atom is 0.322 e. The third-order valence-electron chi connectivity index (χ3n) is 4.78. The monoisotopic (exact) mass is 438 g/mol. The van der Waals surface area contributed by atoms with Crippen LogP contribution in [-0.4, -0.2) is 38.6 Å². The van der Waals surface area contributed by atoms with E-state index in [1.54, 1.807) is 0 Å². The average Bonchev–Trinajstić information content (AvgIpc) is 3.31. The molecule has 2 amide bonds. The predicted octanol–water partition coefficient (Wildman–Crippen LogP) is 4.61. The van der Waals surface area contributed by atoms with Crippen LogP contribution in [0.1, 0.15) is 5.56 Å². The molecule has 10 heteroatoms. The summed E-state index contributed by atoms with van der Waals surface area (Å²) < 4.78 is 40.6. The molecule has 0 aliphatic carbocycles.